The van der Waals surface area contributed by atoms with Crippen LogP contribution in [0, 0.1) is 0 Å². The van der Waals surface area contributed by atoms with Crippen molar-refractivity contribution in [3.8, 4) is 0 Å². The highest BCUT2D eigenvalue weighted by molar-refractivity contribution is 7.98. The molecular weight excluding hydrogens is 342 g/mol. The SMILES string of the molecule is Cn1cc(CSc2nc3c([nH]2)c(=O)n(C)c(=O)n3C)c(C(F)F)n1. The van der Waals surface area contributed by atoms with Gasteiger partial charge in [-0.15, -0.1) is 0 Å². The average Bonchev–Trinajstić information content (AvgIpc) is 3.12. The van der Waals surface area contributed by atoms with Crippen LogP contribution in [0.2, 0.25) is 0 Å². The van der Waals surface area contributed by atoms with E-state index < -0.39 is 17.7 Å². The number of imidazole rings is 1. The van der Waals surface area contributed by atoms with Crippen molar-refractivity contribution in [1.29, 1.82) is 0 Å². The minimum atomic E-state index is -2.66. The third kappa shape index (κ3) is 2.64. The molecule has 1 N–H and O–H groups in total. The fraction of sp³-hybridized carbons (Fsp3) is 0.385. The van der Waals surface area contributed by atoms with E-state index in [2.05, 4.69) is 15.1 Å². The van der Waals surface area contributed by atoms with E-state index in [1.807, 2.05) is 0 Å². The lowest BCUT2D eigenvalue weighted by Gasteiger charge is -2.00. The van der Waals surface area contributed by atoms with E-state index in [4.69, 9.17) is 0 Å². The van der Waals surface area contributed by atoms with Gasteiger partial charge < -0.3 is 4.98 Å². The number of hydrogen-bond donors (Lipinski definition) is 1. The van der Waals surface area contributed by atoms with E-state index in [9.17, 15) is 18.4 Å². The maximum Gasteiger partial charge on any atom is 0.332 e. The Kier molecular flexibility index (Phi) is 4.03. The number of thioether (sulfide) groups is 1. The summed E-state index contributed by atoms with van der Waals surface area (Å²) in [4.78, 5) is 31.0. The van der Waals surface area contributed by atoms with Crippen LogP contribution >= 0.6 is 11.8 Å². The van der Waals surface area contributed by atoms with Crippen molar-refractivity contribution >= 4 is 22.9 Å². The molecule has 24 heavy (non-hydrogen) atoms. The molecule has 0 amide bonds. The summed E-state index contributed by atoms with van der Waals surface area (Å²) in [6, 6.07) is 0. The van der Waals surface area contributed by atoms with Crippen LogP contribution in [0.3, 0.4) is 0 Å². The number of aromatic nitrogens is 6. The number of halogens is 2. The third-order valence-electron chi connectivity index (χ3n) is 3.58. The van der Waals surface area contributed by atoms with Gasteiger partial charge in [-0.05, 0) is 0 Å². The number of nitrogens with zero attached hydrogens (tertiary/aromatic N) is 5. The van der Waals surface area contributed by atoms with Crippen LogP contribution in [-0.4, -0.2) is 28.9 Å². The van der Waals surface area contributed by atoms with Crippen molar-refractivity contribution in [2.75, 3.05) is 0 Å². The first kappa shape index (κ1) is 16.4. The van der Waals surface area contributed by atoms with Crippen LogP contribution in [-0.2, 0) is 26.9 Å². The summed E-state index contributed by atoms with van der Waals surface area (Å²) >= 11 is 1.16. The second-order valence-corrected chi connectivity index (χ2v) is 6.21. The molecule has 128 valence electrons. The van der Waals surface area contributed by atoms with E-state index in [1.165, 1.54) is 29.5 Å². The monoisotopic (exact) mass is 356 g/mol. The molecule has 3 rings (SSSR count). The molecule has 0 aliphatic rings. The number of aromatic amines is 1. The van der Waals surface area contributed by atoms with Crippen molar-refractivity contribution < 1.29 is 8.78 Å². The number of rotatable bonds is 4. The molecule has 0 saturated carbocycles. The first-order chi connectivity index (χ1) is 11.3. The molecule has 0 saturated heterocycles. The first-order valence-electron chi connectivity index (χ1n) is 6.88. The lowest BCUT2D eigenvalue weighted by molar-refractivity contribution is 0.144. The summed E-state index contributed by atoms with van der Waals surface area (Å²) in [5.41, 5.74) is -0.428. The Labute approximate surface area is 138 Å². The predicted molar refractivity (Wildman–Crippen MR) is 84.3 cm³/mol. The largest absolute Gasteiger partial charge is 0.332 e. The van der Waals surface area contributed by atoms with Crippen molar-refractivity contribution in [3.63, 3.8) is 0 Å². The standard InChI is InChI=1S/C13H14F2N6O2S/c1-19-4-6(7(18-19)9(14)15)5-24-12-16-8-10(17-12)20(2)13(23)21(3)11(8)22/h4,9H,5H2,1-3H3,(H,16,17). The Hall–Kier alpha value is -2.43. The Bertz CT molecular complexity index is 1030. The first-order valence-corrected chi connectivity index (χ1v) is 7.87. The summed E-state index contributed by atoms with van der Waals surface area (Å²) < 4.78 is 29.4. The second-order valence-electron chi connectivity index (χ2n) is 5.25. The predicted octanol–water partition coefficient (Wildman–Crippen LogP) is 0.924. The Morgan fingerprint density at radius 2 is 1.96 bits per heavy atom. The summed E-state index contributed by atoms with van der Waals surface area (Å²) in [6.07, 6.45) is -1.14. The zero-order chi connectivity index (χ0) is 17.6. The Morgan fingerprint density at radius 3 is 2.62 bits per heavy atom. The normalized spacial score (nSPS) is 11.8. The van der Waals surface area contributed by atoms with E-state index in [0.29, 0.717) is 10.7 Å². The molecule has 0 radical (unpaired) electrons. The van der Waals surface area contributed by atoms with Crippen molar-refractivity contribution in [3.05, 3.63) is 38.3 Å². The van der Waals surface area contributed by atoms with E-state index >= 15 is 0 Å². The fourth-order valence-electron chi connectivity index (χ4n) is 2.37. The van der Waals surface area contributed by atoms with Crippen LogP contribution in [0.25, 0.3) is 11.2 Å². The van der Waals surface area contributed by atoms with Gasteiger partial charge in [0.1, 0.15) is 5.69 Å². The molecule has 0 aliphatic carbocycles. The molecule has 0 aromatic carbocycles. The van der Waals surface area contributed by atoms with Gasteiger partial charge in [-0.1, -0.05) is 11.8 Å². The smallest absolute Gasteiger partial charge is 0.327 e. The summed E-state index contributed by atoms with van der Waals surface area (Å²) in [6.45, 7) is 0. The van der Waals surface area contributed by atoms with Gasteiger partial charge in [-0.25, -0.2) is 18.6 Å². The van der Waals surface area contributed by atoms with E-state index in [-0.39, 0.29) is 22.6 Å². The molecule has 0 aliphatic heterocycles. The molecule has 0 bridgehead atoms. The summed E-state index contributed by atoms with van der Waals surface area (Å²) in [5.74, 6) is 0.210. The number of fused-ring (bicyclic) bond motifs is 1. The molecule has 0 unspecified atom stereocenters. The molecule has 8 nitrogen and oxygen atoms in total. The van der Waals surface area contributed by atoms with Gasteiger partial charge >= 0.3 is 5.69 Å². The maximum atomic E-state index is 12.9. The molecule has 3 aromatic rings. The van der Waals surface area contributed by atoms with Gasteiger partial charge in [-0.2, -0.15) is 5.10 Å². The molecule has 3 aromatic heterocycles. The van der Waals surface area contributed by atoms with Crippen LogP contribution in [0.1, 0.15) is 17.7 Å². The molecule has 0 atom stereocenters. The number of nitrogens with one attached hydrogen (secondary N) is 1. The van der Waals surface area contributed by atoms with Crippen molar-refractivity contribution in [2.45, 2.75) is 17.3 Å². The topological polar surface area (TPSA) is 90.5 Å². The number of hydrogen-bond acceptors (Lipinski definition) is 5. The zero-order valence-electron chi connectivity index (χ0n) is 13.1. The molecule has 11 heteroatoms. The lowest BCUT2D eigenvalue weighted by Crippen LogP contribution is -2.36. The van der Waals surface area contributed by atoms with Gasteiger partial charge in [0.15, 0.2) is 16.3 Å². The van der Waals surface area contributed by atoms with E-state index in [1.54, 1.807) is 7.05 Å². The van der Waals surface area contributed by atoms with Crippen LogP contribution in [0.5, 0.6) is 0 Å². The van der Waals surface area contributed by atoms with Gasteiger partial charge in [0.05, 0.1) is 0 Å². The molecule has 0 fully saturated rings. The maximum absolute atomic E-state index is 12.9. The minimum absolute atomic E-state index is 0.197. The summed E-state index contributed by atoms with van der Waals surface area (Å²) in [5, 5.41) is 4.11. The fourth-order valence-corrected chi connectivity index (χ4v) is 3.21. The van der Waals surface area contributed by atoms with Crippen LogP contribution in [0.4, 0.5) is 8.78 Å². The average molecular weight is 356 g/mol. The van der Waals surface area contributed by atoms with Gasteiger partial charge in [0.2, 0.25) is 0 Å². The van der Waals surface area contributed by atoms with Gasteiger partial charge in [0, 0.05) is 38.7 Å². The zero-order valence-corrected chi connectivity index (χ0v) is 13.9. The highest BCUT2D eigenvalue weighted by atomic mass is 32.2. The minimum Gasteiger partial charge on any atom is -0.327 e. The highest BCUT2D eigenvalue weighted by Crippen LogP contribution is 2.27. The van der Waals surface area contributed by atoms with Crippen LogP contribution < -0.4 is 11.2 Å². The molecular formula is C13H14F2N6O2S. The third-order valence-corrected chi connectivity index (χ3v) is 4.50. The quantitative estimate of drug-likeness (QED) is 0.702. The Balaban J connectivity index is 1.95. The Morgan fingerprint density at radius 1 is 1.25 bits per heavy atom. The number of aryl methyl sites for hydroxylation is 2. The van der Waals surface area contributed by atoms with Crippen molar-refractivity contribution in [1.82, 2.24) is 28.9 Å². The highest BCUT2D eigenvalue weighted by Gasteiger charge is 2.19. The summed E-state index contributed by atoms with van der Waals surface area (Å²) in [7, 11) is 4.46. The van der Waals surface area contributed by atoms with Gasteiger partial charge in [-0.3, -0.25) is 18.6 Å². The van der Waals surface area contributed by atoms with E-state index in [0.717, 1.165) is 16.3 Å². The molecule has 3 heterocycles. The molecule has 0 spiro atoms. The second kappa shape index (κ2) is 5.89. The number of alkyl halides is 2. The van der Waals surface area contributed by atoms with Crippen molar-refractivity contribution in [2.24, 2.45) is 21.1 Å². The van der Waals surface area contributed by atoms with Gasteiger partial charge in [0.25, 0.3) is 12.0 Å². The van der Waals surface area contributed by atoms with Crippen LogP contribution in [0.15, 0.2) is 20.9 Å². The number of H-pyrrole nitrogens is 1. The lowest BCUT2D eigenvalue weighted by atomic mass is 10.3.